The van der Waals surface area contributed by atoms with Crippen LogP contribution in [0.25, 0.3) is 0 Å². The highest BCUT2D eigenvalue weighted by Crippen LogP contribution is 2.59. The Kier molecular flexibility index (Phi) is 2.75. The van der Waals surface area contributed by atoms with Gasteiger partial charge in [-0.25, -0.2) is 0 Å². The highest BCUT2D eigenvalue weighted by molar-refractivity contribution is 5.86. The van der Waals surface area contributed by atoms with Crippen LogP contribution in [0, 0.1) is 11.3 Å². The molecule has 1 spiro atoms. The summed E-state index contributed by atoms with van der Waals surface area (Å²) >= 11 is 0. The van der Waals surface area contributed by atoms with Gasteiger partial charge in [-0.15, -0.1) is 0 Å². The number of benzene rings is 1. The van der Waals surface area contributed by atoms with Gasteiger partial charge in [-0.1, -0.05) is 30.3 Å². The number of ketones is 1. The number of hydrogen-bond acceptors (Lipinski definition) is 2. The number of hydrogen-bond donors (Lipinski definition) is 1. The van der Waals surface area contributed by atoms with Crippen LogP contribution < -0.4 is 5.32 Å². The molecule has 1 aliphatic heterocycles. The summed E-state index contributed by atoms with van der Waals surface area (Å²) in [6, 6.07) is 10.1. The molecule has 2 heteroatoms. The molecular formula is C15H19NO. The number of piperidine rings is 1. The summed E-state index contributed by atoms with van der Waals surface area (Å²) in [7, 11) is 0. The molecule has 1 saturated carbocycles. The van der Waals surface area contributed by atoms with Crippen molar-refractivity contribution in [3.05, 3.63) is 35.9 Å². The van der Waals surface area contributed by atoms with Crippen LogP contribution in [0.5, 0.6) is 0 Å². The van der Waals surface area contributed by atoms with E-state index in [1.807, 2.05) is 18.2 Å². The smallest absolute Gasteiger partial charge is 0.140 e. The molecule has 3 rings (SSSR count). The first-order valence-electron chi connectivity index (χ1n) is 6.58. The SMILES string of the molecule is O=C(Cc1ccccc1)C1CC12CCNCC2. The number of carbonyl (C=O) groups excluding carboxylic acids is 1. The summed E-state index contributed by atoms with van der Waals surface area (Å²) in [5, 5.41) is 3.38. The fraction of sp³-hybridized carbons (Fsp3) is 0.533. The lowest BCUT2D eigenvalue weighted by Gasteiger charge is -2.23. The molecule has 17 heavy (non-hydrogen) atoms. The first-order valence-corrected chi connectivity index (χ1v) is 6.58. The standard InChI is InChI=1S/C15H19NO/c17-14(10-12-4-2-1-3-5-12)13-11-15(13)6-8-16-9-7-15/h1-5,13,16H,6-11H2. The van der Waals surface area contributed by atoms with E-state index >= 15 is 0 Å². The fourth-order valence-electron chi connectivity index (χ4n) is 3.20. The summed E-state index contributed by atoms with van der Waals surface area (Å²) in [6.45, 7) is 2.18. The quantitative estimate of drug-likeness (QED) is 0.860. The zero-order valence-corrected chi connectivity index (χ0v) is 10.1. The maximum Gasteiger partial charge on any atom is 0.140 e. The molecule has 0 amide bonds. The summed E-state index contributed by atoms with van der Waals surface area (Å²) in [5.74, 6) is 0.808. The van der Waals surface area contributed by atoms with Crippen LogP contribution in [-0.2, 0) is 11.2 Å². The Balaban J connectivity index is 1.61. The van der Waals surface area contributed by atoms with Gasteiger partial charge < -0.3 is 5.32 Å². The molecule has 1 saturated heterocycles. The zero-order valence-electron chi connectivity index (χ0n) is 10.1. The molecule has 0 radical (unpaired) electrons. The van der Waals surface area contributed by atoms with Crippen molar-refractivity contribution in [3.63, 3.8) is 0 Å². The number of Topliss-reactive ketones (excluding diaryl/α,β-unsaturated/α-hetero) is 1. The average Bonchev–Trinajstić information content (AvgIpc) is 3.05. The van der Waals surface area contributed by atoms with E-state index in [1.165, 1.54) is 12.8 Å². The largest absolute Gasteiger partial charge is 0.317 e. The summed E-state index contributed by atoms with van der Waals surface area (Å²) in [6.07, 6.45) is 4.15. The van der Waals surface area contributed by atoms with Gasteiger partial charge in [0.2, 0.25) is 0 Å². The minimum absolute atomic E-state index is 0.352. The van der Waals surface area contributed by atoms with Crippen LogP contribution in [0.2, 0.25) is 0 Å². The first kappa shape index (κ1) is 11.0. The zero-order chi connectivity index (χ0) is 11.7. The molecule has 1 unspecified atom stereocenters. The van der Waals surface area contributed by atoms with Crippen molar-refractivity contribution < 1.29 is 4.79 Å². The van der Waals surface area contributed by atoms with Gasteiger partial charge in [0.25, 0.3) is 0 Å². The van der Waals surface area contributed by atoms with Crippen LogP contribution in [0.3, 0.4) is 0 Å². The maximum atomic E-state index is 12.2. The Bertz CT molecular complexity index is 406. The van der Waals surface area contributed by atoms with Crippen LogP contribution in [0.1, 0.15) is 24.8 Å². The van der Waals surface area contributed by atoms with Crippen molar-refractivity contribution in [2.45, 2.75) is 25.7 Å². The second-order valence-corrected chi connectivity index (χ2v) is 5.50. The average molecular weight is 229 g/mol. The molecule has 0 aromatic heterocycles. The third kappa shape index (κ3) is 2.14. The molecule has 1 aromatic carbocycles. The summed E-state index contributed by atoms with van der Waals surface area (Å²) in [4.78, 5) is 12.2. The molecule has 1 aliphatic carbocycles. The minimum atomic E-state index is 0.352. The fourth-order valence-corrected chi connectivity index (χ4v) is 3.20. The van der Waals surface area contributed by atoms with Gasteiger partial charge in [0, 0.05) is 12.3 Å². The molecule has 2 aliphatic rings. The normalized spacial score (nSPS) is 25.8. The lowest BCUT2D eigenvalue weighted by Crippen LogP contribution is -2.30. The molecule has 2 nitrogen and oxygen atoms in total. The molecule has 2 fully saturated rings. The maximum absolute atomic E-state index is 12.2. The van der Waals surface area contributed by atoms with Crippen molar-refractivity contribution >= 4 is 5.78 Å². The van der Waals surface area contributed by atoms with Crippen molar-refractivity contribution in [1.29, 1.82) is 0 Å². The molecule has 1 aromatic rings. The van der Waals surface area contributed by atoms with E-state index in [2.05, 4.69) is 17.4 Å². The van der Waals surface area contributed by atoms with Gasteiger partial charge >= 0.3 is 0 Å². The van der Waals surface area contributed by atoms with Crippen LogP contribution in [-0.4, -0.2) is 18.9 Å². The summed E-state index contributed by atoms with van der Waals surface area (Å²) in [5.41, 5.74) is 1.55. The van der Waals surface area contributed by atoms with Crippen molar-refractivity contribution in [2.75, 3.05) is 13.1 Å². The topological polar surface area (TPSA) is 29.1 Å². The Labute approximate surface area is 102 Å². The third-order valence-corrected chi connectivity index (χ3v) is 4.40. The molecule has 1 N–H and O–H groups in total. The van der Waals surface area contributed by atoms with Gasteiger partial charge in [-0.3, -0.25) is 4.79 Å². The first-order chi connectivity index (χ1) is 8.30. The Morgan fingerprint density at radius 3 is 2.65 bits per heavy atom. The third-order valence-electron chi connectivity index (χ3n) is 4.40. The van der Waals surface area contributed by atoms with Gasteiger partial charge in [-0.2, -0.15) is 0 Å². The molecule has 90 valence electrons. The van der Waals surface area contributed by atoms with Gasteiger partial charge in [-0.05, 0) is 43.3 Å². The molecule has 1 atom stereocenters. The number of carbonyl (C=O) groups is 1. The van der Waals surface area contributed by atoms with Crippen molar-refractivity contribution in [3.8, 4) is 0 Å². The van der Waals surface area contributed by atoms with Crippen LogP contribution >= 0.6 is 0 Å². The van der Waals surface area contributed by atoms with Crippen LogP contribution in [0.15, 0.2) is 30.3 Å². The Morgan fingerprint density at radius 2 is 1.94 bits per heavy atom. The highest BCUT2D eigenvalue weighted by atomic mass is 16.1. The van der Waals surface area contributed by atoms with Gasteiger partial charge in [0.15, 0.2) is 0 Å². The Morgan fingerprint density at radius 1 is 1.24 bits per heavy atom. The monoisotopic (exact) mass is 229 g/mol. The van der Waals surface area contributed by atoms with E-state index in [4.69, 9.17) is 0 Å². The lowest BCUT2D eigenvalue weighted by molar-refractivity contribution is -0.120. The predicted molar refractivity (Wildman–Crippen MR) is 67.8 cm³/mol. The van der Waals surface area contributed by atoms with E-state index in [1.54, 1.807) is 0 Å². The van der Waals surface area contributed by atoms with Crippen LogP contribution in [0.4, 0.5) is 0 Å². The molecular weight excluding hydrogens is 210 g/mol. The number of nitrogens with one attached hydrogen (secondary N) is 1. The van der Waals surface area contributed by atoms with Crippen molar-refractivity contribution in [2.24, 2.45) is 11.3 Å². The number of rotatable bonds is 3. The Hall–Kier alpha value is -1.15. The molecule has 1 heterocycles. The van der Waals surface area contributed by atoms with Crippen molar-refractivity contribution in [1.82, 2.24) is 5.32 Å². The second-order valence-electron chi connectivity index (χ2n) is 5.50. The summed E-state index contributed by atoms with van der Waals surface area (Å²) < 4.78 is 0. The predicted octanol–water partition coefficient (Wildman–Crippen LogP) is 2.19. The van der Waals surface area contributed by atoms with E-state index < -0.39 is 0 Å². The van der Waals surface area contributed by atoms with E-state index in [-0.39, 0.29) is 0 Å². The van der Waals surface area contributed by atoms with Gasteiger partial charge in [0.1, 0.15) is 5.78 Å². The van der Waals surface area contributed by atoms with E-state index in [0.29, 0.717) is 23.5 Å². The van der Waals surface area contributed by atoms with Gasteiger partial charge in [0.05, 0.1) is 0 Å². The minimum Gasteiger partial charge on any atom is -0.317 e. The molecule has 0 bridgehead atoms. The highest BCUT2D eigenvalue weighted by Gasteiger charge is 2.56. The van der Waals surface area contributed by atoms with E-state index in [9.17, 15) is 4.79 Å². The van der Waals surface area contributed by atoms with E-state index in [0.717, 1.165) is 25.1 Å². The second kappa shape index (κ2) is 4.26. The lowest BCUT2D eigenvalue weighted by atomic mass is 9.89.